The van der Waals surface area contributed by atoms with Crippen LogP contribution in [0.3, 0.4) is 0 Å². The molecule has 3 nitrogen and oxygen atoms in total. The van der Waals surface area contributed by atoms with Crippen molar-refractivity contribution in [3.63, 3.8) is 0 Å². The molecule has 0 saturated carbocycles. The van der Waals surface area contributed by atoms with Crippen molar-refractivity contribution in [3.8, 4) is 0 Å². The number of hydrogen-bond donors (Lipinski definition) is 2. The molecule has 0 aromatic carbocycles. The first-order chi connectivity index (χ1) is 4.56. The number of hydrogen-bond acceptors (Lipinski definition) is 3. The van der Waals surface area contributed by atoms with Gasteiger partial charge in [-0.05, 0) is 5.92 Å². The number of aliphatic hydroxyl groups is 2. The van der Waals surface area contributed by atoms with Gasteiger partial charge >= 0.3 is 0 Å². The molecular weight excluding hydrogens is 132 g/mol. The van der Waals surface area contributed by atoms with Gasteiger partial charge in [-0.2, -0.15) is 0 Å². The summed E-state index contributed by atoms with van der Waals surface area (Å²) < 4.78 is 4.75. The molecule has 0 spiro atoms. The first-order valence-corrected chi connectivity index (χ1v) is 3.39. The maximum Gasteiger partial charge on any atom is 0.113 e. The summed E-state index contributed by atoms with van der Waals surface area (Å²) in [6.07, 6.45) is 0. The molecule has 3 heteroatoms. The largest absolute Gasteiger partial charge is 0.393 e. The van der Waals surface area contributed by atoms with E-state index in [4.69, 9.17) is 9.84 Å². The Labute approximate surface area is 61.6 Å². The summed E-state index contributed by atoms with van der Waals surface area (Å²) >= 11 is 0. The first kappa shape index (κ1) is 9.88. The van der Waals surface area contributed by atoms with Crippen LogP contribution in [0.1, 0.15) is 13.8 Å². The normalized spacial score (nSPS) is 17.4. The minimum absolute atomic E-state index is 0.0115. The number of rotatable bonds is 4. The monoisotopic (exact) mass is 148 g/mol. The van der Waals surface area contributed by atoms with Crippen LogP contribution in [0.25, 0.3) is 0 Å². The van der Waals surface area contributed by atoms with E-state index in [-0.39, 0.29) is 19.1 Å². The van der Waals surface area contributed by atoms with E-state index in [1.165, 1.54) is 7.11 Å². The molecule has 0 aromatic rings. The molecule has 62 valence electrons. The van der Waals surface area contributed by atoms with Crippen LogP contribution in [0.4, 0.5) is 0 Å². The van der Waals surface area contributed by atoms with Crippen LogP contribution in [-0.2, 0) is 4.74 Å². The minimum atomic E-state index is -1.07. The summed E-state index contributed by atoms with van der Waals surface area (Å²) in [6, 6.07) is 0. The van der Waals surface area contributed by atoms with Crippen molar-refractivity contribution < 1.29 is 14.9 Å². The fourth-order valence-corrected chi connectivity index (χ4v) is 0.645. The Morgan fingerprint density at radius 2 is 2.00 bits per heavy atom. The third-order valence-electron chi connectivity index (χ3n) is 1.74. The zero-order chi connectivity index (χ0) is 8.20. The van der Waals surface area contributed by atoms with E-state index in [1.807, 2.05) is 13.8 Å². The lowest BCUT2D eigenvalue weighted by molar-refractivity contribution is -0.0961. The van der Waals surface area contributed by atoms with Gasteiger partial charge in [0.05, 0.1) is 13.2 Å². The summed E-state index contributed by atoms with van der Waals surface area (Å²) in [5.41, 5.74) is -1.07. The van der Waals surface area contributed by atoms with Crippen molar-refractivity contribution in [3.05, 3.63) is 0 Å². The van der Waals surface area contributed by atoms with Gasteiger partial charge in [-0.1, -0.05) is 13.8 Å². The van der Waals surface area contributed by atoms with E-state index in [9.17, 15) is 5.11 Å². The third kappa shape index (κ3) is 2.25. The Balaban J connectivity index is 3.94. The van der Waals surface area contributed by atoms with E-state index in [0.717, 1.165) is 0 Å². The van der Waals surface area contributed by atoms with Gasteiger partial charge in [0.1, 0.15) is 5.60 Å². The van der Waals surface area contributed by atoms with Gasteiger partial charge in [0.15, 0.2) is 0 Å². The molecule has 0 bridgehead atoms. The Kier molecular flexibility index (Phi) is 3.86. The molecule has 0 aromatic heterocycles. The molecular formula is C7H16O3. The van der Waals surface area contributed by atoms with Crippen LogP contribution in [0.2, 0.25) is 0 Å². The quantitative estimate of drug-likeness (QED) is 0.590. The van der Waals surface area contributed by atoms with E-state index < -0.39 is 5.60 Å². The predicted molar refractivity (Wildman–Crippen MR) is 38.7 cm³/mol. The zero-order valence-corrected chi connectivity index (χ0v) is 6.79. The fourth-order valence-electron chi connectivity index (χ4n) is 0.645. The van der Waals surface area contributed by atoms with Crippen molar-refractivity contribution in [2.24, 2.45) is 5.92 Å². The summed E-state index contributed by atoms with van der Waals surface area (Å²) in [6.45, 7) is 3.62. The highest BCUT2D eigenvalue weighted by Gasteiger charge is 2.29. The molecule has 0 aliphatic heterocycles. The first-order valence-electron chi connectivity index (χ1n) is 3.39. The van der Waals surface area contributed by atoms with E-state index in [1.54, 1.807) is 0 Å². The zero-order valence-electron chi connectivity index (χ0n) is 6.79. The minimum Gasteiger partial charge on any atom is -0.393 e. The average molecular weight is 148 g/mol. The third-order valence-corrected chi connectivity index (χ3v) is 1.74. The van der Waals surface area contributed by atoms with Crippen molar-refractivity contribution in [1.29, 1.82) is 0 Å². The Morgan fingerprint density at radius 3 is 2.10 bits per heavy atom. The highest BCUT2D eigenvalue weighted by molar-refractivity contribution is 4.80. The van der Waals surface area contributed by atoms with Crippen molar-refractivity contribution in [2.45, 2.75) is 19.4 Å². The lowest BCUT2D eigenvalue weighted by Gasteiger charge is -2.28. The Bertz CT molecular complexity index is 92.9. The lowest BCUT2D eigenvalue weighted by atomic mass is 9.92. The molecule has 10 heavy (non-hydrogen) atoms. The van der Waals surface area contributed by atoms with Gasteiger partial charge in [0, 0.05) is 7.11 Å². The summed E-state index contributed by atoms with van der Waals surface area (Å²) in [7, 11) is 1.50. The maximum absolute atomic E-state index is 9.52. The molecule has 0 fully saturated rings. The van der Waals surface area contributed by atoms with Crippen LogP contribution in [0, 0.1) is 5.92 Å². The van der Waals surface area contributed by atoms with Crippen LogP contribution in [-0.4, -0.2) is 36.1 Å². The maximum atomic E-state index is 9.52. The van der Waals surface area contributed by atoms with Gasteiger partial charge in [-0.3, -0.25) is 0 Å². The molecule has 0 saturated heterocycles. The van der Waals surface area contributed by atoms with Crippen molar-refractivity contribution in [1.82, 2.24) is 0 Å². The Hall–Kier alpha value is -0.120. The summed E-state index contributed by atoms with van der Waals surface area (Å²) in [5.74, 6) is 0.0115. The molecule has 0 unspecified atom stereocenters. The van der Waals surface area contributed by atoms with Crippen molar-refractivity contribution >= 4 is 0 Å². The molecule has 1 atom stereocenters. The van der Waals surface area contributed by atoms with Crippen LogP contribution in [0.15, 0.2) is 0 Å². The number of aliphatic hydroxyl groups excluding tert-OH is 1. The number of ether oxygens (including phenoxy) is 1. The summed E-state index contributed by atoms with van der Waals surface area (Å²) in [5, 5.41) is 18.3. The molecule has 0 amide bonds. The highest BCUT2D eigenvalue weighted by atomic mass is 16.5. The second kappa shape index (κ2) is 3.91. The molecule has 0 rings (SSSR count). The van der Waals surface area contributed by atoms with Crippen molar-refractivity contribution in [2.75, 3.05) is 20.3 Å². The fraction of sp³-hybridized carbons (Fsp3) is 1.00. The topological polar surface area (TPSA) is 49.7 Å². The van der Waals surface area contributed by atoms with E-state index in [0.29, 0.717) is 0 Å². The molecule has 0 aliphatic carbocycles. The van der Waals surface area contributed by atoms with Crippen LogP contribution >= 0.6 is 0 Å². The predicted octanol–water partition coefficient (Wildman–Crippen LogP) is 0.0122. The smallest absolute Gasteiger partial charge is 0.113 e. The molecule has 2 N–H and O–H groups in total. The van der Waals surface area contributed by atoms with Gasteiger partial charge in [-0.15, -0.1) is 0 Å². The second-order valence-electron chi connectivity index (χ2n) is 2.85. The standard InChI is InChI=1S/C7H16O3/c1-6(2)7(9,4-8)5-10-3/h6,8-9H,4-5H2,1-3H3/t7-/m0/s1. The molecule has 0 aliphatic rings. The van der Waals surface area contributed by atoms with Gasteiger partial charge in [0.2, 0.25) is 0 Å². The van der Waals surface area contributed by atoms with E-state index >= 15 is 0 Å². The SMILES string of the molecule is COC[C@@](O)(CO)C(C)C. The molecule has 0 radical (unpaired) electrons. The van der Waals surface area contributed by atoms with Gasteiger partial charge in [-0.25, -0.2) is 0 Å². The molecule has 0 heterocycles. The van der Waals surface area contributed by atoms with Crippen LogP contribution in [0.5, 0.6) is 0 Å². The average Bonchev–Trinajstić information content (AvgIpc) is 1.88. The van der Waals surface area contributed by atoms with Gasteiger partial charge in [0.25, 0.3) is 0 Å². The Morgan fingerprint density at radius 1 is 1.50 bits per heavy atom. The van der Waals surface area contributed by atoms with Gasteiger partial charge < -0.3 is 14.9 Å². The van der Waals surface area contributed by atoms with E-state index in [2.05, 4.69) is 0 Å². The number of methoxy groups -OCH3 is 1. The van der Waals surface area contributed by atoms with Crippen LogP contribution < -0.4 is 0 Å². The second-order valence-corrected chi connectivity index (χ2v) is 2.85. The highest BCUT2D eigenvalue weighted by Crippen LogP contribution is 2.15. The lowest BCUT2D eigenvalue weighted by Crippen LogP contribution is -2.43. The summed E-state index contributed by atoms with van der Waals surface area (Å²) in [4.78, 5) is 0.